The highest BCUT2D eigenvalue weighted by Gasteiger charge is 2.26. The predicted octanol–water partition coefficient (Wildman–Crippen LogP) is 1.05. The van der Waals surface area contributed by atoms with Gasteiger partial charge in [0.2, 0.25) is 0 Å². The van der Waals surface area contributed by atoms with Gasteiger partial charge in [-0.15, -0.1) is 0 Å². The van der Waals surface area contributed by atoms with E-state index >= 15 is 0 Å². The fourth-order valence-corrected chi connectivity index (χ4v) is 2.19. The van der Waals surface area contributed by atoms with Crippen LogP contribution < -0.4 is 16.4 Å². The summed E-state index contributed by atoms with van der Waals surface area (Å²) in [5, 5.41) is 6.95. The maximum atomic E-state index is 6.02. The van der Waals surface area contributed by atoms with E-state index in [1.807, 2.05) is 0 Å². The molecule has 0 bridgehead atoms. The van der Waals surface area contributed by atoms with E-state index in [9.17, 15) is 0 Å². The standard InChI is InChI=1S/C11H25N3/c1-3-4-5-6-10(9(2)12)11-13-7-8-14-11/h9-11,13-14H,3-8,12H2,1-2H3. The van der Waals surface area contributed by atoms with Crippen molar-refractivity contribution in [1.82, 2.24) is 10.6 Å². The Morgan fingerprint density at radius 1 is 1.29 bits per heavy atom. The molecule has 0 spiro atoms. The van der Waals surface area contributed by atoms with Gasteiger partial charge in [-0.2, -0.15) is 0 Å². The summed E-state index contributed by atoms with van der Waals surface area (Å²) in [6.07, 6.45) is 5.62. The second-order valence-corrected chi connectivity index (χ2v) is 4.40. The topological polar surface area (TPSA) is 50.1 Å². The first-order chi connectivity index (χ1) is 6.75. The average Bonchev–Trinajstić information content (AvgIpc) is 2.64. The van der Waals surface area contributed by atoms with Crippen molar-refractivity contribution >= 4 is 0 Å². The third kappa shape index (κ3) is 3.56. The van der Waals surface area contributed by atoms with E-state index in [0.717, 1.165) is 13.1 Å². The Hall–Kier alpha value is -0.120. The lowest BCUT2D eigenvalue weighted by atomic mass is 9.92. The second kappa shape index (κ2) is 6.38. The SMILES string of the molecule is CCCCCC(C(C)N)C1NCCN1. The number of nitrogens with two attached hydrogens (primary N) is 1. The Kier molecular flexibility index (Phi) is 5.45. The van der Waals surface area contributed by atoms with Gasteiger partial charge in [-0.25, -0.2) is 0 Å². The van der Waals surface area contributed by atoms with E-state index in [0.29, 0.717) is 12.1 Å². The van der Waals surface area contributed by atoms with Crippen molar-refractivity contribution in [3.05, 3.63) is 0 Å². The lowest BCUT2D eigenvalue weighted by Gasteiger charge is -2.27. The van der Waals surface area contributed by atoms with E-state index in [2.05, 4.69) is 24.5 Å². The van der Waals surface area contributed by atoms with Crippen molar-refractivity contribution in [3.63, 3.8) is 0 Å². The highest BCUT2D eigenvalue weighted by molar-refractivity contribution is 4.84. The molecule has 2 atom stereocenters. The molecular weight excluding hydrogens is 174 g/mol. The summed E-state index contributed by atoms with van der Waals surface area (Å²) in [5.74, 6) is 0.587. The normalized spacial score (nSPS) is 22.5. The molecular formula is C11H25N3. The maximum Gasteiger partial charge on any atom is 0.0616 e. The van der Waals surface area contributed by atoms with Crippen molar-refractivity contribution in [2.75, 3.05) is 13.1 Å². The van der Waals surface area contributed by atoms with Crippen LogP contribution in [0.3, 0.4) is 0 Å². The quantitative estimate of drug-likeness (QED) is 0.560. The summed E-state index contributed by atoms with van der Waals surface area (Å²) in [4.78, 5) is 0. The molecule has 0 aromatic rings. The van der Waals surface area contributed by atoms with Crippen LogP contribution in [0.2, 0.25) is 0 Å². The molecule has 14 heavy (non-hydrogen) atoms. The molecule has 4 N–H and O–H groups in total. The molecule has 3 nitrogen and oxygen atoms in total. The summed E-state index contributed by atoms with van der Waals surface area (Å²) >= 11 is 0. The molecule has 1 saturated heterocycles. The van der Waals surface area contributed by atoms with Gasteiger partial charge in [0.1, 0.15) is 0 Å². The minimum absolute atomic E-state index is 0.287. The molecule has 1 rings (SSSR count). The number of hydrogen-bond donors (Lipinski definition) is 3. The zero-order chi connectivity index (χ0) is 10.4. The Labute approximate surface area is 87.8 Å². The van der Waals surface area contributed by atoms with Gasteiger partial charge in [-0.05, 0) is 13.3 Å². The van der Waals surface area contributed by atoms with Crippen molar-refractivity contribution in [2.45, 2.75) is 51.7 Å². The summed E-state index contributed by atoms with van der Waals surface area (Å²) in [6, 6.07) is 0.287. The second-order valence-electron chi connectivity index (χ2n) is 4.40. The van der Waals surface area contributed by atoms with Crippen LogP contribution in [0.5, 0.6) is 0 Å². The van der Waals surface area contributed by atoms with Crippen LogP contribution in [-0.4, -0.2) is 25.3 Å². The van der Waals surface area contributed by atoms with Crippen molar-refractivity contribution in [2.24, 2.45) is 11.7 Å². The van der Waals surface area contributed by atoms with E-state index in [4.69, 9.17) is 5.73 Å². The zero-order valence-electron chi connectivity index (χ0n) is 9.55. The van der Waals surface area contributed by atoms with E-state index < -0.39 is 0 Å². The van der Waals surface area contributed by atoms with Crippen LogP contribution in [0.1, 0.15) is 39.5 Å². The van der Waals surface area contributed by atoms with Crippen LogP contribution >= 0.6 is 0 Å². The summed E-state index contributed by atoms with van der Waals surface area (Å²) < 4.78 is 0. The lowest BCUT2D eigenvalue weighted by Crippen LogP contribution is -2.46. The summed E-state index contributed by atoms with van der Waals surface area (Å²) in [7, 11) is 0. The zero-order valence-corrected chi connectivity index (χ0v) is 9.55. The minimum atomic E-state index is 0.287. The molecule has 0 radical (unpaired) electrons. The molecule has 1 heterocycles. The maximum absolute atomic E-state index is 6.02. The lowest BCUT2D eigenvalue weighted by molar-refractivity contribution is 0.290. The molecule has 1 aliphatic rings. The van der Waals surface area contributed by atoms with Crippen LogP contribution in [-0.2, 0) is 0 Å². The van der Waals surface area contributed by atoms with Gasteiger partial charge in [-0.1, -0.05) is 26.2 Å². The largest absolute Gasteiger partial charge is 0.328 e. The first-order valence-corrected chi connectivity index (χ1v) is 5.98. The van der Waals surface area contributed by atoms with Gasteiger partial charge < -0.3 is 16.4 Å². The molecule has 84 valence electrons. The Morgan fingerprint density at radius 3 is 2.43 bits per heavy atom. The van der Waals surface area contributed by atoms with E-state index in [1.165, 1.54) is 25.7 Å². The summed E-state index contributed by atoms with van der Waals surface area (Å²) in [5.41, 5.74) is 6.02. The Balaban J connectivity index is 2.30. The minimum Gasteiger partial charge on any atom is -0.328 e. The number of rotatable bonds is 6. The molecule has 0 amide bonds. The number of nitrogens with one attached hydrogen (secondary N) is 2. The third-order valence-electron chi connectivity index (χ3n) is 3.10. The highest BCUT2D eigenvalue weighted by Crippen LogP contribution is 2.17. The van der Waals surface area contributed by atoms with Crippen molar-refractivity contribution < 1.29 is 0 Å². The van der Waals surface area contributed by atoms with Gasteiger partial charge in [-0.3, -0.25) is 0 Å². The van der Waals surface area contributed by atoms with Crippen molar-refractivity contribution in [3.8, 4) is 0 Å². The van der Waals surface area contributed by atoms with Gasteiger partial charge in [0.15, 0.2) is 0 Å². The van der Waals surface area contributed by atoms with Crippen LogP contribution in [0, 0.1) is 5.92 Å². The summed E-state index contributed by atoms with van der Waals surface area (Å²) in [6.45, 7) is 6.54. The Bertz CT molecular complexity index is 141. The number of unbranched alkanes of at least 4 members (excludes halogenated alkanes) is 2. The molecule has 2 unspecified atom stereocenters. The van der Waals surface area contributed by atoms with Crippen LogP contribution in [0.25, 0.3) is 0 Å². The van der Waals surface area contributed by atoms with Gasteiger partial charge in [0, 0.05) is 25.0 Å². The monoisotopic (exact) mass is 199 g/mol. The molecule has 0 aliphatic carbocycles. The van der Waals surface area contributed by atoms with Gasteiger partial charge in [0.05, 0.1) is 6.17 Å². The number of hydrogen-bond acceptors (Lipinski definition) is 3. The average molecular weight is 199 g/mol. The van der Waals surface area contributed by atoms with Crippen LogP contribution in [0.4, 0.5) is 0 Å². The van der Waals surface area contributed by atoms with Crippen LogP contribution in [0.15, 0.2) is 0 Å². The molecule has 0 aromatic carbocycles. The smallest absolute Gasteiger partial charge is 0.0616 e. The molecule has 0 saturated carbocycles. The van der Waals surface area contributed by atoms with Crippen molar-refractivity contribution in [1.29, 1.82) is 0 Å². The predicted molar refractivity (Wildman–Crippen MR) is 61.1 cm³/mol. The van der Waals surface area contributed by atoms with E-state index in [-0.39, 0.29) is 6.04 Å². The first-order valence-electron chi connectivity index (χ1n) is 5.98. The fraction of sp³-hybridized carbons (Fsp3) is 1.00. The molecule has 0 aromatic heterocycles. The molecule has 1 fully saturated rings. The third-order valence-corrected chi connectivity index (χ3v) is 3.10. The van der Waals surface area contributed by atoms with Gasteiger partial charge >= 0.3 is 0 Å². The van der Waals surface area contributed by atoms with E-state index in [1.54, 1.807) is 0 Å². The first kappa shape index (κ1) is 12.0. The molecule has 1 aliphatic heterocycles. The fourth-order valence-electron chi connectivity index (χ4n) is 2.19. The Morgan fingerprint density at radius 2 is 1.93 bits per heavy atom. The van der Waals surface area contributed by atoms with Gasteiger partial charge in [0.25, 0.3) is 0 Å². The molecule has 3 heteroatoms. The highest BCUT2D eigenvalue weighted by atomic mass is 15.2.